The van der Waals surface area contributed by atoms with E-state index in [1.807, 2.05) is 0 Å². The zero-order valence-corrected chi connectivity index (χ0v) is 12.4. The average Bonchev–Trinajstić information content (AvgIpc) is 2.37. The molecule has 1 atom stereocenters. The number of aliphatic hydroxyl groups is 1. The SMILES string of the molecule is OC(c1ccc(Cl)c(Cl)c1)c1c(F)ccc(Br)c1F. The standard InChI is InChI=1S/C13H7BrCl2F2O/c14-7-2-4-10(17)11(12(7)18)13(19)6-1-3-8(15)9(16)5-6/h1-5,13,19H. The van der Waals surface area contributed by atoms with Gasteiger partial charge >= 0.3 is 0 Å². The van der Waals surface area contributed by atoms with Crippen LogP contribution in [0.25, 0.3) is 0 Å². The summed E-state index contributed by atoms with van der Waals surface area (Å²) < 4.78 is 27.6. The van der Waals surface area contributed by atoms with Gasteiger partial charge in [0.25, 0.3) is 0 Å². The smallest absolute Gasteiger partial charge is 0.146 e. The molecule has 0 aliphatic carbocycles. The monoisotopic (exact) mass is 366 g/mol. The first kappa shape index (κ1) is 14.7. The lowest BCUT2D eigenvalue weighted by atomic mass is 10.0. The molecule has 0 bridgehead atoms. The highest BCUT2D eigenvalue weighted by atomic mass is 79.9. The molecule has 0 aliphatic rings. The summed E-state index contributed by atoms with van der Waals surface area (Å²) in [5.74, 6) is -1.68. The fourth-order valence-corrected chi connectivity index (χ4v) is 2.29. The molecule has 0 saturated carbocycles. The molecule has 1 unspecified atom stereocenters. The summed E-state index contributed by atoms with van der Waals surface area (Å²) in [7, 11) is 0. The van der Waals surface area contributed by atoms with E-state index in [9.17, 15) is 13.9 Å². The van der Waals surface area contributed by atoms with Gasteiger partial charge in [0.2, 0.25) is 0 Å². The maximum atomic E-state index is 13.9. The van der Waals surface area contributed by atoms with E-state index >= 15 is 0 Å². The van der Waals surface area contributed by atoms with E-state index in [-0.39, 0.29) is 15.1 Å². The fourth-order valence-electron chi connectivity index (χ4n) is 1.64. The first-order chi connectivity index (χ1) is 8.91. The van der Waals surface area contributed by atoms with Crippen LogP contribution in [-0.2, 0) is 0 Å². The highest BCUT2D eigenvalue weighted by Gasteiger charge is 2.22. The summed E-state index contributed by atoms with van der Waals surface area (Å²) in [6, 6.07) is 6.59. The van der Waals surface area contributed by atoms with Crippen molar-refractivity contribution in [3.8, 4) is 0 Å². The molecule has 0 spiro atoms. The normalized spacial score (nSPS) is 12.5. The first-order valence-electron chi connectivity index (χ1n) is 5.18. The van der Waals surface area contributed by atoms with Gasteiger partial charge in [-0.15, -0.1) is 0 Å². The molecule has 2 rings (SSSR count). The quantitative estimate of drug-likeness (QED) is 0.730. The highest BCUT2D eigenvalue weighted by molar-refractivity contribution is 9.10. The summed E-state index contributed by atoms with van der Waals surface area (Å²) in [4.78, 5) is 0. The second kappa shape index (κ2) is 5.75. The fraction of sp³-hybridized carbons (Fsp3) is 0.0769. The lowest BCUT2D eigenvalue weighted by Gasteiger charge is -2.14. The molecule has 0 radical (unpaired) electrons. The molecule has 0 amide bonds. The van der Waals surface area contributed by atoms with Crippen molar-refractivity contribution >= 4 is 39.1 Å². The van der Waals surface area contributed by atoms with Gasteiger partial charge in [0, 0.05) is 0 Å². The summed E-state index contributed by atoms with van der Waals surface area (Å²) in [6.45, 7) is 0. The zero-order chi connectivity index (χ0) is 14.2. The molecule has 100 valence electrons. The van der Waals surface area contributed by atoms with Crippen molar-refractivity contribution in [1.29, 1.82) is 0 Å². The van der Waals surface area contributed by atoms with Crippen LogP contribution in [-0.4, -0.2) is 5.11 Å². The van der Waals surface area contributed by atoms with Gasteiger partial charge in [-0.1, -0.05) is 29.3 Å². The van der Waals surface area contributed by atoms with Crippen molar-refractivity contribution in [3.05, 3.63) is 67.6 Å². The van der Waals surface area contributed by atoms with Crippen molar-refractivity contribution in [2.24, 2.45) is 0 Å². The summed E-state index contributed by atoms with van der Waals surface area (Å²) in [6.07, 6.45) is -1.47. The topological polar surface area (TPSA) is 20.2 Å². The van der Waals surface area contributed by atoms with E-state index in [1.165, 1.54) is 24.3 Å². The Kier molecular flexibility index (Phi) is 4.46. The Morgan fingerprint density at radius 3 is 2.37 bits per heavy atom. The van der Waals surface area contributed by atoms with E-state index in [4.69, 9.17) is 23.2 Å². The minimum Gasteiger partial charge on any atom is -0.383 e. The van der Waals surface area contributed by atoms with Gasteiger partial charge < -0.3 is 5.11 Å². The Morgan fingerprint density at radius 1 is 1.05 bits per heavy atom. The molecule has 6 heteroatoms. The third-order valence-corrected chi connectivity index (χ3v) is 3.96. The van der Waals surface area contributed by atoms with Crippen molar-refractivity contribution in [1.82, 2.24) is 0 Å². The maximum absolute atomic E-state index is 13.9. The molecular formula is C13H7BrCl2F2O. The van der Waals surface area contributed by atoms with Gasteiger partial charge in [-0.2, -0.15) is 0 Å². The molecule has 2 aromatic rings. The zero-order valence-electron chi connectivity index (χ0n) is 9.30. The van der Waals surface area contributed by atoms with Gasteiger partial charge in [-0.05, 0) is 45.8 Å². The third kappa shape index (κ3) is 2.92. The Morgan fingerprint density at radius 2 is 1.74 bits per heavy atom. The Balaban J connectivity index is 2.52. The second-order valence-corrected chi connectivity index (χ2v) is 5.50. The maximum Gasteiger partial charge on any atom is 0.146 e. The lowest BCUT2D eigenvalue weighted by Crippen LogP contribution is -2.06. The lowest BCUT2D eigenvalue weighted by molar-refractivity contribution is 0.209. The van der Waals surface area contributed by atoms with E-state index in [0.29, 0.717) is 5.02 Å². The van der Waals surface area contributed by atoms with Crippen LogP contribution < -0.4 is 0 Å². The van der Waals surface area contributed by atoms with Gasteiger partial charge in [-0.3, -0.25) is 0 Å². The third-order valence-electron chi connectivity index (χ3n) is 2.61. The molecule has 2 aromatic carbocycles. The van der Waals surface area contributed by atoms with Crippen LogP contribution in [0.4, 0.5) is 8.78 Å². The molecule has 0 heterocycles. The van der Waals surface area contributed by atoms with Crippen molar-refractivity contribution in [2.75, 3.05) is 0 Å². The van der Waals surface area contributed by atoms with Crippen LogP contribution >= 0.6 is 39.1 Å². The van der Waals surface area contributed by atoms with Gasteiger partial charge in [0.15, 0.2) is 0 Å². The van der Waals surface area contributed by atoms with Gasteiger partial charge in [0.1, 0.15) is 17.7 Å². The number of rotatable bonds is 2. The van der Waals surface area contributed by atoms with Crippen LogP contribution in [0.2, 0.25) is 10.0 Å². The number of aliphatic hydroxyl groups excluding tert-OH is 1. The Bertz CT molecular complexity index is 634. The molecule has 0 fully saturated rings. The van der Waals surface area contributed by atoms with Gasteiger partial charge in [-0.25, -0.2) is 8.78 Å². The van der Waals surface area contributed by atoms with Crippen LogP contribution in [0.15, 0.2) is 34.8 Å². The van der Waals surface area contributed by atoms with E-state index < -0.39 is 23.3 Å². The predicted molar refractivity (Wildman–Crippen MR) is 74.6 cm³/mol. The van der Waals surface area contributed by atoms with Crippen LogP contribution in [0.1, 0.15) is 17.2 Å². The average molecular weight is 368 g/mol. The molecule has 1 N–H and O–H groups in total. The summed E-state index contributed by atoms with van der Waals surface area (Å²) >= 11 is 14.5. The Hall–Kier alpha value is -0.680. The molecule has 19 heavy (non-hydrogen) atoms. The second-order valence-electron chi connectivity index (χ2n) is 3.83. The summed E-state index contributed by atoms with van der Waals surface area (Å²) in [5.41, 5.74) is -0.182. The van der Waals surface area contributed by atoms with Crippen LogP contribution in [0.5, 0.6) is 0 Å². The largest absolute Gasteiger partial charge is 0.383 e. The molecule has 0 saturated heterocycles. The minimum absolute atomic E-state index is 0.0722. The first-order valence-corrected chi connectivity index (χ1v) is 6.73. The van der Waals surface area contributed by atoms with Crippen LogP contribution in [0.3, 0.4) is 0 Å². The Labute approximate surface area is 126 Å². The number of hydrogen-bond acceptors (Lipinski definition) is 1. The van der Waals surface area contributed by atoms with Crippen molar-refractivity contribution in [3.63, 3.8) is 0 Å². The van der Waals surface area contributed by atoms with Crippen molar-refractivity contribution in [2.45, 2.75) is 6.10 Å². The number of hydrogen-bond donors (Lipinski definition) is 1. The van der Waals surface area contributed by atoms with Gasteiger partial charge in [0.05, 0.1) is 20.1 Å². The minimum atomic E-state index is -1.47. The predicted octanol–water partition coefficient (Wildman–Crippen LogP) is 5.12. The van der Waals surface area contributed by atoms with Crippen molar-refractivity contribution < 1.29 is 13.9 Å². The molecule has 0 aliphatic heterocycles. The highest BCUT2D eigenvalue weighted by Crippen LogP contribution is 2.33. The summed E-state index contributed by atoms with van der Waals surface area (Å²) in [5, 5.41) is 10.6. The molecular weight excluding hydrogens is 361 g/mol. The molecule has 1 nitrogen and oxygen atoms in total. The molecule has 0 aromatic heterocycles. The number of benzene rings is 2. The van der Waals surface area contributed by atoms with Crippen LogP contribution in [0, 0.1) is 11.6 Å². The van der Waals surface area contributed by atoms with E-state index in [2.05, 4.69) is 15.9 Å². The number of halogens is 5. The van der Waals surface area contributed by atoms with E-state index in [0.717, 1.165) is 6.07 Å². The van der Waals surface area contributed by atoms with E-state index in [1.54, 1.807) is 0 Å².